The fourth-order valence-corrected chi connectivity index (χ4v) is 4.92. The normalized spacial score (nSPS) is 18.7. The van der Waals surface area contributed by atoms with E-state index < -0.39 is 0 Å². The number of rotatable bonds is 8. The van der Waals surface area contributed by atoms with Gasteiger partial charge in [-0.05, 0) is 62.0 Å². The molecule has 0 radical (unpaired) electrons. The number of anilines is 1. The third kappa shape index (κ3) is 5.98. The van der Waals surface area contributed by atoms with Gasteiger partial charge in [0.05, 0.1) is 11.7 Å². The second-order valence-corrected chi connectivity index (χ2v) is 9.55. The Morgan fingerprint density at radius 2 is 1.74 bits per heavy atom. The lowest BCUT2D eigenvalue weighted by molar-refractivity contribution is -0.117. The molecule has 2 aliphatic heterocycles. The molecular weight excluding hydrogens is 440 g/mol. The second kappa shape index (κ2) is 10.9. The molecule has 2 aromatic carbocycles. The van der Waals surface area contributed by atoms with Crippen molar-refractivity contribution >= 4 is 17.5 Å². The second-order valence-electron chi connectivity index (χ2n) is 9.55. The molecule has 2 saturated heterocycles. The SMILES string of the molecule is O=C(NC1CC(=O)N(c2ccc(CN3CCCCC3)cc2)C1)c1cc(CCc2ccccc2)no1. The number of carbonyl (C=O) groups is 2. The van der Waals surface area contributed by atoms with Crippen LogP contribution >= 0.6 is 0 Å². The fraction of sp³-hybridized carbons (Fsp3) is 0.393. The summed E-state index contributed by atoms with van der Waals surface area (Å²) in [7, 11) is 0. The van der Waals surface area contributed by atoms with Gasteiger partial charge in [-0.2, -0.15) is 0 Å². The molecule has 3 heterocycles. The third-order valence-corrected chi connectivity index (χ3v) is 6.86. The van der Waals surface area contributed by atoms with Gasteiger partial charge in [-0.15, -0.1) is 0 Å². The predicted molar refractivity (Wildman–Crippen MR) is 134 cm³/mol. The molecule has 182 valence electrons. The van der Waals surface area contributed by atoms with Crippen molar-refractivity contribution in [2.75, 3.05) is 24.5 Å². The van der Waals surface area contributed by atoms with E-state index in [1.165, 1.54) is 30.4 Å². The zero-order valence-electron chi connectivity index (χ0n) is 20.0. The van der Waals surface area contributed by atoms with E-state index in [0.717, 1.165) is 37.4 Å². The molecule has 1 atom stereocenters. The van der Waals surface area contributed by atoms with Crippen LogP contribution in [-0.2, 0) is 24.2 Å². The van der Waals surface area contributed by atoms with E-state index in [-0.39, 0.29) is 30.0 Å². The number of benzene rings is 2. The highest BCUT2D eigenvalue weighted by molar-refractivity contribution is 5.98. The number of piperidine rings is 1. The van der Waals surface area contributed by atoms with E-state index in [9.17, 15) is 9.59 Å². The Morgan fingerprint density at radius 1 is 0.971 bits per heavy atom. The van der Waals surface area contributed by atoms with Crippen molar-refractivity contribution in [3.63, 3.8) is 0 Å². The minimum absolute atomic E-state index is 0.0141. The van der Waals surface area contributed by atoms with Crippen molar-refractivity contribution in [3.05, 3.63) is 83.2 Å². The number of nitrogens with zero attached hydrogens (tertiary/aromatic N) is 3. The van der Waals surface area contributed by atoms with Crippen molar-refractivity contribution in [1.82, 2.24) is 15.4 Å². The summed E-state index contributed by atoms with van der Waals surface area (Å²) in [5.41, 5.74) is 4.09. The molecule has 35 heavy (non-hydrogen) atoms. The maximum Gasteiger partial charge on any atom is 0.290 e. The number of aromatic nitrogens is 1. The van der Waals surface area contributed by atoms with E-state index in [1.54, 1.807) is 11.0 Å². The quantitative estimate of drug-likeness (QED) is 0.537. The highest BCUT2D eigenvalue weighted by Crippen LogP contribution is 2.23. The summed E-state index contributed by atoms with van der Waals surface area (Å²) in [6.45, 7) is 3.73. The van der Waals surface area contributed by atoms with Crippen LogP contribution in [0.1, 0.15) is 53.1 Å². The van der Waals surface area contributed by atoms with Gasteiger partial charge in [-0.1, -0.05) is 54.0 Å². The molecule has 3 aromatic rings. The minimum atomic E-state index is -0.333. The standard InChI is InChI=1S/C28H32N4O3/c33-27-18-24(20-32(27)25-13-10-22(11-14-25)19-31-15-5-2-6-16-31)29-28(34)26-17-23(30-35-26)12-9-21-7-3-1-4-8-21/h1,3-4,7-8,10-11,13-14,17,24H,2,5-6,9,12,15-16,18-20H2,(H,29,34). The molecule has 1 unspecified atom stereocenters. The lowest BCUT2D eigenvalue weighted by Gasteiger charge is -2.26. The number of carbonyl (C=O) groups excluding carboxylic acids is 2. The number of hydrogen-bond acceptors (Lipinski definition) is 5. The Labute approximate surface area is 206 Å². The van der Waals surface area contributed by atoms with Crippen molar-refractivity contribution < 1.29 is 14.1 Å². The maximum atomic E-state index is 12.7. The van der Waals surface area contributed by atoms with Crippen LogP contribution in [0, 0.1) is 0 Å². The van der Waals surface area contributed by atoms with E-state index >= 15 is 0 Å². The molecule has 7 nitrogen and oxygen atoms in total. The summed E-state index contributed by atoms with van der Waals surface area (Å²) in [5.74, 6) is -0.138. The lowest BCUT2D eigenvalue weighted by Crippen LogP contribution is -2.37. The van der Waals surface area contributed by atoms with Gasteiger partial charge >= 0.3 is 0 Å². The smallest absolute Gasteiger partial charge is 0.290 e. The van der Waals surface area contributed by atoms with Gasteiger partial charge in [0, 0.05) is 31.3 Å². The van der Waals surface area contributed by atoms with Crippen LogP contribution < -0.4 is 10.2 Å². The van der Waals surface area contributed by atoms with E-state index in [2.05, 4.69) is 39.6 Å². The lowest BCUT2D eigenvalue weighted by atomic mass is 10.1. The molecule has 2 aliphatic rings. The van der Waals surface area contributed by atoms with E-state index in [1.807, 2.05) is 30.3 Å². The Kier molecular flexibility index (Phi) is 7.23. The zero-order chi connectivity index (χ0) is 24.0. The highest BCUT2D eigenvalue weighted by atomic mass is 16.5. The summed E-state index contributed by atoms with van der Waals surface area (Å²) in [5, 5.41) is 6.97. The zero-order valence-corrected chi connectivity index (χ0v) is 20.0. The number of aryl methyl sites for hydroxylation is 2. The largest absolute Gasteiger partial charge is 0.351 e. The Balaban J connectivity index is 1.13. The molecular formula is C28H32N4O3. The first-order valence-corrected chi connectivity index (χ1v) is 12.6. The van der Waals surface area contributed by atoms with Gasteiger partial charge in [-0.25, -0.2) is 0 Å². The average Bonchev–Trinajstić information content (AvgIpc) is 3.51. The molecule has 1 aromatic heterocycles. The fourth-order valence-electron chi connectivity index (χ4n) is 4.92. The monoisotopic (exact) mass is 472 g/mol. The maximum absolute atomic E-state index is 12.7. The Hall–Kier alpha value is -3.45. The highest BCUT2D eigenvalue weighted by Gasteiger charge is 2.32. The Bertz CT molecular complexity index is 1140. The number of nitrogens with one attached hydrogen (secondary N) is 1. The van der Waals surface area contributed by atoms with Gasteiger partial charge in [-0.3, -0.25) is 14.5 Å². The molecule has 2 fully saturated rings. The summed E-state index contributed by atoms with van der Waals surface area (Å²) in [4.78, 5) is 29.6. The summed E-state index contributed by atoms with van der Waals surface area (Å²) in [6, 6.07) is 19.8. The van der Waals surface area contributed by atoms with Gasteiger partial charge in [0.25, 0.3) is 5.91 Å². The molecule has 0 aliphatic carbocycles. The first-order valence-electron chi connectivity index (χ1n) is 12.6. The van der Waals surface area contributed by atoms with Crippen molar-refractivity contribution in [2.24, 2.45) is 0 Å². The average molecular weight is 473 g/mol. The van der Waals surface area contributed by atoms with Crippen LogP contribution in [0.15, 0.2) is 65.2 Å². The summed E-state index contributed by atoms with van der Waals surface area (Å²) >= 11 is 0. The van der Waals surface area contributed by atoms with Gasteiger partial charge < -0.3 is 14.7 Å². The van der Waals surface area contributed by atoms with Crippen LogP contribution in [0.25, 0.3) is 0 Å². The summed E-state index contributed by atoms with van der Waals surface area (Å²) < 4.78 is 5.27. The molecule has 7 heteroatoms. The minimum Gasteiger partial charge on any atom is -0.351 e. The van der Waals surface area contributed by atoms with Crippen molar-refractivity contribution in [3.8, 4) is 0 Å². The summed E-state index contributed by atoms with van der Waals surface area (Å²) in [6.07, 6.45) is 5.68. The van der Waals surface area contributed by atoms with E-state index in [0.29, 0.717) is 13.0 Å². The first-order chi connectivity index (χ1) is 17.1. The molecule has 1 N–H and O–H groups in total. The molecule has 2 amide bonds. The van der Waals surface area contributed by atoms with E-state index in [4.69, 9.17) is 4.52 Å². The number of hydrogen-bond donors (Lipinski definition) is 1. The van der Waals surface area contributed by atoms with Gasteiger partial charge in [0.2, 0.25) is 11.7 Å². The first kappa shape index (κ1) is 23.3. The van der Waals surface area contributed by atoms with Gasteiger partial charge in [0.1, 0.15) is 0 Å². The van der Waals surface area contributed by atoms with Crippen molar-refractivity contribution in [1.29, 1.82) is 0 Å². The molecule has 0 bridgehead atoms. The van der Waals surface area contributed by atoms with Crippen LogP contribution in [0.2, 0.25) is 0 Å². The molecule has 5 rings (SSSR count). The van der Waals surface area contributed by atoms with Crippen LogP contribution in [0.4, 0.5) is 5.69 Å². The molecule has 0 spiro atoms. The van der Waals surface area contributed by atoms with Gasteiger partial charge in [0.15, 0.2) is 0 Å². The number of likely N-dealkylation sites (tertiary alicyclic amines) is 1. The van der Waals surface area contributed by atoms with Crippen LogP contribution in [0.5, 0.6) is 0 Å². The Morgan fingerprint density at radius 3 is 2.51 bits per heavy atom. The van der Waals surface area contributed by atoms with Crippen molar-refractivity contribution in [2.45, 2.75) is 51.1 Å². The van der Waals surface area contributed by atoms with Crippen LogP contribution in [0.3, 0.4) is 0 Å². The topological polar surface area (TPSA) is 78.7 Å². The predicted octanol–water partition coefficient (Wildman–Crippen LogP) is 3.98. The third-order valence-electron chi connectivity index (χ3n) is 6.86. The van der Waals surface area contributed by atoms with Crippen LogP contribution in [-0.4, -0.2) is 47.5 Å². The number of amides is 2. The molecule has 0 saturated carbocycles.